The first-order valence-electron chi connectivity index (χ1n) is 35.5. The van der Waals surface area contributed by atoms with Crippen molar-refractivity contribution in [2.24, 2.45) is 0 Å². The quantitative estimate of drug-likeness (QED) is 0.0261. The molecule has 0 aromatic rings. The molecule has 0 aliphatic rings. The standard InChI is InChI=1S/C73H136O6/c1-4-7-10-13-16-19-22-25-28-31-33-34-35-36-37-38-40-42-45-48-51-54-57-60-63-66-72(75)78-69-70(68-77-71(74)65-62-59-56-53-50-47-44-41-30-27-24-21-18-15-12-9-6-3)79-73(76)67-64-61-58-55-52-49-46-43-39-32-29-26-23-20-17-14-11-8-5-2/h26-27,29-31,33,70H,4-25,28,32,34-69H2,1-3H3/b29-26-,30-27-,33-31-. The predicted octanol–water partition coefficient (Wildman–Crippen LogP) is 24.3. The van der Waals surface area contributed by atoms with E-state index in [0.29, 0.717) is 19.3 Å². The molecule has 79 heavy (non-hydrogen) atoms. The number of hydrogen-bond acceptors (Lipinski definition) is 6. The molecule has 0 aromatic heterocycles. The van der Waals surface area contributed by atoms with Crippen molar-refractivity contribution in [3.8, 4) is 0 Å². The summed E-state index contributed by atoms with van der Waals surface area (Å²) in [6.45, 7) is 6.70. The van der Waals surface area contributed by atoms with Gasteiger partial charge >= 0.3 is 17.9 Å². The van der Waals surface area contributed by atoms with Crippen LogP contribution in [0.4, 0.5) is 0 Å². The Balaban J connectivity index is 4.29. The second kappa shape index (κ2) is 68.1. The lowest BCUT2D eigenvalue weighted by Gasteiger charge is -2.18. The van der Waals surface area contributed by atoms with Crippen molar-refractivity contribution in [3.05, 3.63) is 36.5 Å². The van der Waals surface area contributed by atoms with E-state index in [4.69, 9.17) is 14.2 Å². The van der Waals surface area contributed by atoms with Gasteiger partial charge in [-0.1, -0.05) is 314 Å². The molecule has 0 amide bonds. The Morgan fingerprint density at radius 2 is 0.418 bits per heavy atom. The lowest BCUT2D eigenvalue weighted by Crippen LogP contribution is -2.30. The fourth-order valence-electron chi connectivity index (χ4n) is 10.7. The lowest BCUT2D eigenvalue weighted by atomic mass is 10.0. The summed E-state index contributed by atoms with van der Waals surface area (Å²) in [5, 5.41) is 0. The molecule has 0 aliphatic heterocycles. The number of carbonyl (C=O) groups excluding carboxylic acids is 3. The van der Waals surface area contributed by atoms with Crippen LogP contribution < -0.4 is 0 Å². The SMILES string of the molecule is CCCCCCCC/C=C\CCCCCCCCCCCC(=O)OC(COC(=O)CCCCCCCCC/C=C\CCCCCCCC)COC(=O)CCCCCCCCCCCCCCC/C=C\CCCCCCCCCC. The van der Waals surface area contributed by atoms with Gasteiger partial charge in [-0.2, -0.15) is 0 Å². The highest BCUT2D eigenvalue weighted by Crippen LogP contribution is 2.18. The van der Waals surface area contributed by atoms with E-state index < -0.39 is 6.10 Å². The average Bonchev–Trinajstić information content (AvgIpc) is 3.45. The third kappa shape index (κ3) is 66.3. The van der Waals surface area contributed by atoms with Gasteiger partial charge in [-0.25, -0.2) is 0 Å². The smallest absolute Gasteiger partial charge is 0.306 e. The van der Waals surface area contributed by atoms with Crippen LogP contribution in [-0.4, -0.2) is 37.2 Å². The molecule has 0 spiro atoms. The van der Waals surface area contributed by atoms with Gasteiger partial charge in [0.1, 0.15) is 13.2 Å². The van der Waals surface area contributed by atoms with Crippen LogP contribution in [0.5, 0.6) is 0 Å². The molecule has 0 saturated carbocycles. The van der Waals surface area contributed by atoms with Gasteiger partial charge in [0.05, 0.1) is 0 Å². The van der Waals surface area contributed by atoms with Gasteiger partial charge in [-0.15, -0.1) is 0 Å². The first kappa shape index (κ1) is 76.6. The molecule has 0 heterocycles. The molecule has 0 aromatic carbocycles. The zero-order chi connectivity index (χ0) is 57.1. The van der Waals surface area contributed by atoms with Crippen LogP contribution in [-0.2, 0) is 28.6 Å². The number of esters is 3. The third-order valence-electron chi connectivity index (χ3n) is 16.1. The van der Waals surface area contributed by atoms with Gasteiger partial charge in [0.25, 0.3) is 0 Å². The molecule has 0 saturated heterocycles. The van der Waals surface area contributed by atoms with Crippen molar-refractivity contribution in [1.29, 1.82) is 0 Å². The maximum atomic E-state index is 13.0. The zero-order valence-corrected chi connectivity index (χ0v) is 53.4. The van der Waals surface area contributed by atoms with E-state index in [1.54, 1.807) is 0 Å². The minimum absolute atomic E-state index is 0.0704. The van der Waals surface area contributed by atoms with Crippen molar-refractivity contribution in [2.45, 2.75) is 399 Å². The predicted molar refractivity (Wildman–Crippen MR) is 344 cm³/mol. The maximum Gasteiger partial charge on any atom is 0.306 e. The summed E-state index contributed by atoms with van der Waals surface area (Å²) in [6.07, 6.45) is 84.5. The summed E-state index contributed by atoms with van der Waals surface area (Å²) in [5.41, 5.74) is 0. The summed E-state index contributed by atoms with van der Waals surface area (Å²) >= 11 is 0. The van der Waals surface area contributed by atoms with Crippen molar-refractivity contribution in [1.82, 2.24) is 0 Å². The highest BCUT2D eigenvalue weighted by Gasteiger charge is 2.19. The molecule has 0 bridgehead atoms. The Kier molecular flexibility index (Phi) is 66.1. The minimum Gasteiger partial charge on any atom is -0.462 e. The van der Waals surface area contributed by atoms with E-state index in [1.807, 2.05) is 0 Å². The molecule has 6 nitrogen and oxygen atoms in total. The van der Waals surface area contributed by atoms with E-state index in [1.165, 1.54) is 295 Å². The average molecular weight is 1110 g/mol. The summed E-state index contributed by atoms with van der Waals surface area (Å²) in [6, 6.07) is 0. The molecule has 6 heteroatoms. The van der Waals surface area contributed by atoms with Crippen LogP contribution >= 0.6 is 0 Å². The molecule has 464 valence electrons. The Morgan fingerprint density at radius 3 is 0.633 bits per heavy atom. The highest BCUT2D eigenvalue weighted by atomic mass is 16.6. The van der Waals surface area contributed by atoms with Crippen molar-refractivity contribution < 1.29 is 28.6 Å². The number of rotatable bonds is 66. The summed E-state index contributed by atoms with van der Waals surface area (Å²) in [4.78, 5) is 38.5. The van der Waals surface area contributed by atoms with Crippen LogP contribution in [0.1, 0.15) is 393 Å². The van der Waals surface area contributed by atoms with Gasteiger partial charge in [-0.05, 0) is 96.3 Å². The molecule has 0 aliphatic carbocycles. The molecular formula is C73H136O6. The van der Waals surface area contributed by atoms with Gasteiger partial charge in [0.2, 0.25) is 0 Å². The van der Waals surface area contributed by atoms with Crippen LogP contribution in [0.2, 0.25) is 0 Å². The van der Waals surface area contributed by atoms with E-state index in [9.17, 15) is 14.4 Å². The van der Waals surface area contributed by atoms with Gasteiger partial charge < -0.3 is 14.2 Å². The van der Waals surface area contributed by atoms with Crippen LogP contribution in [0.3, 0.4) is 0 Å². The molecule has 1 atom stereocenters. The zero-order valence-electron chi connectivity index (χ0n) is 53.4. The normalized spacial score (nSPS) is 12.2. The number of hydrogen-bond donors (Lipinski definition) is 0. The van der Waals surface area contributed by atoms with E-state index in [-0.39, 0.29) is 31.1 Å². The second-order valence-corrected chi connectivity index (χ2v) is 24.1. The monoisotopic (exact) mass is 1110 g/mol. The van der Waals surface area contributed by atoms with Crippen LogP contribution in [0.25, 0.3) is 0 Å². The Morgan fingerprint density at radius 1 is 0.241 bits per heavy atom. The summed E-state index contributed by atoms with van der Waals surface area (Å²) in [5.74, 6) is -0.849. The number of unbranched alkanes of at least 4 members (excludes halogenated alkanes) is 49. The number of carbonyl (C=O) groups is 3. The molecule has 0 radical (unpaired) electrons. The van der Waals surface area contributed by atoms with Gasteiger partial charge in [0, 0.05) is 19.3 Å². The Bertz CT molecular complexity index is 1320. The molecule has 1 unspecified atom stereocenters. The second-order valence-electron chi connectivity index (χ2n) is 24.1. The van der Waals surface area contributed by atoms with Gasteiger partial charge in [0.15, 0.2) is 6.10 Å². The molecule has 0 N–H and O–H groups in total. The lowest BCUT2D eigenvalue weighted by molar-refractivity contribution is -0.167. The van der Waals surface area contributed by atoms with E-state index in [0.717, 1.165) is 57.8 Å². The number of ether oxygens (including phenoxy) is 3. The van der Waals surface area contributed by atoms with Gasteiger partial charge in [-0.3, -0.25) is 14.4 Å². The fraction of sp³-hybridized carbons (Fsp3) is 0.877. The Labute approximate surface area is 493 Å². The van der Waals surface area contributed by atoms with Crippen LogP contribution in [0, 0.1) is 0 Å². The summed E-state index contributed by atoms with van der Waals surface area (Å²) in [7, 11) is 0. The third-order valence-corrected chi connectivity index (χ3v) is 16.1. The Hall–Kier alpha value is -2.37. The van der Waals surface area contributed by atoms with Crippen molar-refractivity contribution >= 4 is 17.9 Å². The van der Waals surface area contributed by atoms with Crippen molar-refractivity contribution in [2.75, 3.05) is 13.2 Å². The fourth-order valence-corrected chi connectivity index (χ4v) is 10.7. The van der Waals surface area contributed by atoms with E-state index >= 15 is 0 Å². The largest absolute Gasteiger partial charge is 0.462 e. The first-order valence-corrected chi connectivity index (χ1v) is 35.5. The first-order chi connectivity index (χ1) is 39.0. The molecule has 0 fully saturated rings. The van der Waals surface area contributed by atoms with Crippen molar-refractivity contribution in [3.63, 3.8) is 0 Å². The highest BCUT2D eigenvalue weighted by molar-refractivity contribution is 5.71. The van der Waals surface area contributed by atoms with Crippen LogP contribution in [0.15, 0.2) is 36.5 Å². The summed E-state index contributed by atoms with van der Waals surface area (Å²) < 4.78 is 17.0. The molecule has 0 rings (SSSR count). The van der Waals surface area contributed by atoms with E-state index in [2.05, 4.69) is 57.2 Å². The maximum absolute atomic E-state index is 13.0. The topological polar surface area (TPSA) is 78.9 Å². The molecular weight excluding hydrogens is 973 g/mol. The number of allylic oxidation sites excluding steroid dienone is 6. The minimum atomic E-state index is -0.775.